The Morgan fingerprint density at radius 1 is 1.06 bits per heavy atom. The number of alkyl halides is 3. The summed E-state index contributed by atoms with van der Waals surface area (Å²) in [6.45, 7) is -0.217. The maximum absolute atomic E-state index is 13.0. The maximum atomic E-state index is 13.0. The molecule has 0 fully saturated rings. The van der Waals surface area contributed by atoms with Gasteiger partial charge < -0.3 is 4.84 Å². The molecule has 0 aliphatic rings. The first-order valence-corrected chi connectivity index (χ1v) is 9.32. The van der Waals surface area contributed by atoms with Crippen molar-refractivity contribution in [1.29, 1.82) is 0 Å². The number of imidazole rings is 1. The van der Waals surface area contributed by atoms with E-state index in [0.29, 0.717) is 27.4 Å². The molecule has 0 saturated heterocycles. The number of benzene rings is 3. The summed E-state index contributed by atoms with van der Waals surface area (Å²) in [7, 11) is 0. The van der Waals surface area contributed by atoms with Crippen LogP contribution in [0.25, 0.3) is 22.4 Å². The van der Waals surface area contributed by atoms with Crippen molar-refractivity contribution in [2.24, 2.45) is 0 Å². The zero-order valence-corrected chi connectivity index (χ0v) is 16.4. The third-order valence-corrected chi connectivity index (χ3v) is 4.74. The molecule has 6 nitrogen and oxygen atoms in total. The van der Waals surface area contributed by atoms with Gasteiger partial charge in [-0.15, -0.1) is 0 Å². The lowest BCUT2D eigenvalue weighted by Gasteiger charge is -2.13. The molecule has 1 aromatic heterocycles. The van der Waals surface area contributed by atoms with Gasteiger partial charge in [0.15, 0.2) is 5.82 Å². The van der Waals surface area contributed by atoms with Crippen LogP contribution in [0, 0.1) is 10.1 Å². The van der Waals surface area contributed by atoms with Gasteiger partial charge in [-0.05, 0) is 35.9 Å². The second-order valence-corrected chi connectivity index (χ2v) is 7.08. The van der Waals surface area contributed by atoms with E-state index in [0.717, 1.165) is 12.1 Å². The number of fused-ring (bicyclic) bond motifs is 1. The molecule has 0 N–H and O–H groups in total. The first kappa shape index (κ1) is 20.7. The molecule has 0 aliphatic heterocycles. The van der Waals surface area contributed by atoms with E-state index in [2.05, 4.69) is 4.98 Å². The molecule has 4 aromatic rings. The van der Waals surface area contributed by atoms with E-state index < -0.39 is 16.7 Å². The average molecular weight is 448 g/mol. The van der Waals surface area contributed by atoms with Crippen molar-refractivity contribution < 1.29 is 22.9 Å². The van der Waals surface area contributed by atoms with Crippen LogP contribution in [0.15, 0.2) is 66.7 Å². The molecule has 10 heteroatoms. The van der Waals surface area contributed by atoms with Crippen LogP contribution < -0.4 is 4.84 Å². The normalized spacial score (nSPS) is 11.6. The van der Waals surface area contributed by atoms with Crippen molar-refractivity contribution in [3.05, 3.63) is 93.0 Å². The molecule has 1 heterocycles. The summed E-state index contributed by atoms with van der Waals surface area (Å²) in [6, 6.07) is 15.6. The smallest absolute Gasteiger partial charge is 0.407 e. The van der Waals surface area contributed by atoms with Crippen LogP contribution in [-0.4, -0.2) is 14.6 Å². The minimum atomic E-state index is -4.48. The van der Waals surface area contributed by atoms with Gasteiger partial charge in [-0.25, -0.2) is 4.98 Å². The molecule has 0 saturated carbocycles. The quantitative estimate of drug-likeness (QED) is 0.281. The minimum Gasteiger partial charge on any atom is -0.407 e. The van der Waals surface area contributed by atoms with Crippen LogP contribution in [0.3, 0.4) is 0 Å². The van der Waals surface area contributed by atoms with E-state index in [1.165, 1.54) is 35.1 Å². The Hall–Kier alpha value is -3.59. The molecule has 0 spiro atoms. The summed E-state index contributed by atoms with van der Waals surface area (Å²) in [5.74, 6) is 0.310. The number of halogens is 4. The fourth-order valence-corrected chi connectivity index (χ4v) is 3.26. The highest BCUT2D eigenvalue weighted by Gasteiger charge is 2.30. The van der Waals surface area contributed by atoms with Crippen molar-refractivity contribution in [3.8, 4) is 11.4 Å². The second kappa shape index (κ2) is 7.92. The number of nitrogens with zero attached hydrogens (tertiary/aromatic N) is 3. The predicted octanol–water partition coefficient (Wildman–Crippen LogP) is 5.91. The van der Waals surface area contributed by atoms with Gasteiger partial charge in [0.2, 0.25) is 0 Å². The topological polar surface area (TPSA) is 70.2 Å². The summed E-state index contributed by atoms with van der Waals surface area (Å²) >= 11 is 6.07. The highest BCUT2D eigenvalue weighted by Crippen LogP contribution is 2.31. The SMILES string of the molecule is O=[N+]([O-])c1ccc2nc(-c3cccc(Cl)c3)n(OCc3cccc(C(F)(F)F)c3)c2c1. The Kier molecular flexibility index (Phi) is 5.28. The van der Waals surface area contributed by atoms with Crippen molar-refractivity contribution in [2.45, 2.75) is 12.8 Å². The minimum absolute atomic E-state index is 0.172. The number of nitro benzene ring substituents is 1. The lowest BCUT2D eigenvalue weighted by atomic mass is 10.1. The third kappa shape index (κ3) is 4.31. The molecule has 0 bridgehead atoms. The average Bonchev–Trinajstić information content (AvgIpc) is 3.09. The van der Waals surface area contributed by atoms with Gasteiger partial charge in [-0.2, -0.15) is 17.9 Å². The Bertz CT molecular complexity index is 1290. The molecule has 4 rings (SSSR count). The van der Waals surface area contributed by atoms with Gasteiger partial charge in [0, 0.05) is 22.7 Å². The summed E-state index contributed by atoms with van der Waals surface area (Å²) in [6.07, 6.45) is -4.48. The largest absolute Gasteiger partial charge is 0.416 e. The number of nitro groups is 1. The van der Waals surface area contributed by atoms with Crippen LogP contribution in [0.1, 0.15) is 11.1 Å². The van der Waals surface area contributed by atoms with E-state index >= 15 is 0 Å². The fraction of sp³-hybridized carbons (Fsp3) is 0.0952. The van der Waals surface area contributed by atoms with Gasteiger partial charge in [-0.1, -0.05) is 35.9 Å². The van der Waals surface area contributed by atoms with Crippen molar-refractivity contribution >= 4 is 28.3 Å². The Balaban J connectivity index is 1.78. The Morgan fingerprint density at radius 3 is 2.55 bits per heavy atom. The zero-order chi connectivity index (χ0) is 22.2. The van der Waals surface area contributed by atoms with Crippen LogP contribution in [0.4, 0.5) is 18.9 Å². The highest BCUT2D eigenvalue weighted by atomic mass is 35.5. The monoisotopic (exact) mass is 447 g/mol. The Morgan fingerprint density at radius 2 is 1.84 bits per heavy atom. The van der Waals surface area contributed by atoms with Crippen LogP contribution in [-0.2, 0) is 12.8 Å². The second-order valence-electron chi connectivity index (χ2n) is 6.64. The summed E-state index contributed by atoms with van der Waals surface area (Å²) in [5, 5.41) is 11.6. The number of hydrogen-bond acceptors (Lipinski definition) is 4. The molecule has 158 valence electrons. The molecule has 3 aromatic carbocycles. The van der Waals surface area contributed by atoms with Gasteiger partial charge in [0.05, 0.1) is 16.0 Å². The van der Waals surface area contributed by atoms with Gasteiger partial charge in [-0.3, -0.25) is 10.1 Å². The Labute approximate surface area is 178 Å². The third-order valence-electron chi connectivity index (χ3n) is 4.50. The van der Waals surface area contributed by atoms with Crippen molar-refractivity contribution in [3.63, 3.8) is 0 Å². The molecule has 0 aliphatic carbocycles. The van der Waals surface area contributed by atoms with Crippen molar-refractivity contribution in [2.75, 3.05) is 0 Å². The number of non-ortho nitro benzene ring substituents is 1. The molecular formula is C21H13ClF3N3O3. The molecule has 0 atom stereocenters. The zero-order valence-electron chi connectivity index (χ0n) is 15.6. The molecule has 0 amide bonds. The van der Waals surface area contributed by atoms with Crippen LogP contribution >= 0.6 is 11.6 Å². The van der Waals surface area contributed by atoms with Crippen LogP contribution in [0.5, 0.6) is 0 Å². The first-order chi connectivity index (χ1) is 14.7. The lowest BCUT2D eigenvalue weighted by Crippen LogP contribution is -2.13. The van der Waals surface area contributed by atoms with E-state index in [1.54, 1.807) is 24.3 Å². The van der Waals surface area contributed by atoms with Crippen molar-refractivity contribution in [1.82, 2.24) is 9.71 Å². The summed E-state index contributed by atoms with van der Waals surface area (Å²) in [5.41, 5.74) is 0.610. The van der Waals surface area contributed by atoms with Crippen LogP contribution in [0.2, 0.25) is 5.02 Å². The van der Waals surface area contributed by atoms with E-state index in [1.807, 2.05) is 0 Å². The van der Waals surface area contributed by atoms with Gasteiger partial charge in [0.25, 0.3) is 5.69 Å². The lowest BCUT2D eigenvalue weighted by molar-refractivity contribution is -0.384. The van der Waals surface area contributed by atoms with Gasteiger partial charge >= 0.3 is 6.18 Å². The predicted molar refractivity (Wildman–Crippen MR) is 109 cm³/mol. The number of hydrogen-bond donors (Lipinski definition) is 0. The molecule has 0 unspecified atom stereocenters. The first-order valence-electron chi connectivity index (χ1n) is 8.94. The van der Waals surface area contributed by atoms with E-state index in [-0.39, 0.29) is 17.9 Å². The molecular weight excluding hydrogens is 435 g/mol. The van der Waals surface area contributed by atoms with E-state index in [9.17, 15) is 23.3 Å². The van der Waals surface area contributed by atoms with Gasteiger partial charge in [0.1, 0.15) is 12.1 Å². The number of rotatable bonds is 5. The summed E-state index contributed by atoms with van der Waals surface area (Å²) < 4.78 is 40.3. The highest BCUT2D eigenvalue weighted by molar-refractivity contribution is 6.30. The summed E-state index contributed by atoms with van der Waals surface area (Å²) in [4.78, 5) is 20.9. The van der Waals surface area contributed by atoms with E-state index in [4.69, 9.17) is 16.4 Å². The molecule has 0 radical (unpaired) electrons. The number of aromatic nitrogens is 2. The standard InChI is InChI=1S/C21H13ClF3N3O3/c22-16-6-2-4-14(10-16)20-26-18-8-7-17(28(29)30)11-19(18)27(20)31-12-13-3-1-5-15(9-13)21(23,24)25/h1-11H,12H2. The fourth-order valence-electron chi connectivity index (χ4n) is 3.07. The molecule has 31 heavy (non-hydrogen) atoms. The maximum Gasteiger partial charge on any atom is 0.416 e.